The summed E-state index contributed by atoms with van der Waals surface area (Å²) in [6.07, 6.45) is 0. The second-order valence-electron chi connectivity index (χ2n) is 8.16. The van der Waals surface area contributed by atoms with Gasteiger partial charge in [-0.05, 0) is 80.3 Å². The minimum absolute atomic E-state index is 0.0564. The molecule has 2 N–H and O–H groups in total. The molecule has 1 amide bonds. The van der Waals surface area contributed by atoms with Crippen molar-refractivity contribution in [1.82, 2.24) is 9.88 Å². The molecule has 0 atom stereocenters. The Labute approximate surface area is 199 Å². The SMILES string of the molecule is COc1ccc(-c2cc3cc(OC)ccc3nc2Nc2ccc(NC(=O)CN(C)C)cc2)cc1. The molecule has 0 unspecified atom stereocenters. The zero-order valence-corrected chi connectivity index (χ0v) is 19.8. The predicted molar refractivity (Wildman–Crippen MR) is 137 cm³/mol. The number of carbonyl (C=O) groups excluding carboxylic acids is 1. The van der Waals surface area contributed by atoms with Gasteiger partial charge >= 0.3 is 0 Å². The van der Waals surface area contributed by atoms with Gasteiger partial charge in [0.25, 0.3) is 0 Å². The number of nitrogens with zero attached hydrogens (tertiary/aromatic N) is 2. The summed E-state index contributed by atoms with van der Waals surface area (Å²) in [5.41, 5.74) is 4.42. The van der Waals surface area contributed by atoms with Crippen LogP contribution in [-0.4, -0.2) is 50.7 Å². The van der Waals surface area contributed by atoms with Crippen LogP contribution in [0.1, 0.15) is 0 Å². The molecule has 7 heteroatoms. The maximum absolute atomic E-state index is 12.0. The lowest BCUT2D eigenvalue weighted by atomic mass is 10.0. The maximum atomic E-state index is 12.0. The molecule has 1 heterocycles. The molecule has 4 rings (SSSR count). The van der Waals surface area contributed by atoms with Gasteiger partial charge in [-0.15, -0.1) is 0 Å². The van der Waals surface area contributed by atoms with E-state index in [-0.39, 0.29) is 5.91 Å². The van der Waals surface area contributed by atoms with Crippen LogP contribution < -0.4 is 20.1 Å². The topological polar surface area (TPSA) is 75.7 Å². The number of nitrogens with one attached hydrogen (secondary N) is 2. The number of ether oxygens (including phenoxy) is 2. The number of rotatable bonds is 8. The third kappa shape index (κ3) is 5.44. The fraction of sp³-hybridized carbons (Fsp3) is 0.185. The van der Waals surface area contributed by atoms with E-state index in [1.807, 2.05) is 85.7 Å². The van der Waals surface area contributed by atoms with Crippen molar-refractivity contribution < 1.29 is 14.3 Å². The molecular formula is C27H28N4O3. The highest BCUT2D eigenvalue weighted by Crippen LogP contribution is 2.34. The molecule has 0 spiro atoms. The van der Waals surface area contributed by atoms with Gasteiger partial charge in [0.05, 0.1) is 26.3 Å². The Kier molecular flexibility index (Phi) is 6.94. The van der Waals surface area contributed by atoms with Gasteiger partial charge in [0.1, 0.15) is 17.3 Å². The van der Waals surface area contributed by atoms with E-state index in [1.54, 1.807) is 14.2 Å². The lowest BCUT2D eigenvalue weighted by molar-refractivity contribution is -0.116. The Bertz CT molecular complexity index is 1290. The predicted octanol–water partition coefficient (Wildman–Crippen LogP) is 5.16. The van der Waals surface area contributed by atoms with Crippen molar-refractivity contribution in [3.63, 3.8) is 0 Å². The first-order valence-corrected chi connectivity index (χ1v) is 10.9. The lowest BCUT2D eigenvalue weighted by Gasteiger charge is -2.15. The summed E-state index contributed by atoms with van der Waals surface area (Å²) < 4.78 is 10.7. The van der Waals surface area contributed by atoms with Crippen LogP contribution in [-0.2, 0) is 4.79 Å². The fourth-order valence-corrected chi connectivity index (χ4v) is 3.63. The number of aromatic nitrogens is 1. The van der Waals surface area contributed by atoms with Gasteiger partial charge in [-0.25, -0.2) is 4.98 Å². The number of hydrogen-bond donors (Lipinski definition) is 2. The van der Waals surface area contributed by atoms with Gasteiger partial charge in [0, 0.05) is 22.3 Å². The van der Waals surface area contributed by atoms with Crippen LogP contribution in [0.5, 0.6) is 11.5 Å². The Morgan fingerprint density at radius 2 is 1.50 bits per heavy atom. The zero-order valence-electron chi connectivity index (χ0n) is 19.8. The van der Waals surface area contributed by atoms with Gasteiger partial charge < -0.3 is 25.0 Å². The second-order valence-corrected chi connectivity index (χ2v) is 8.16. The van der Waals surface area contributed by atoms with Crippen LogP contribution >= 0.6 is 0 Å². The number of pyridine rings is 1. The largest absolute Gasteiger partial charge is 0.497 e. The Morgan fingerprint density at radius 1 is 0.853 bits per heavy atom. The van der Waals surface area contributed by atoms with Gasteiger partial charge in [-0.1, -0.05) is 12.1 Å². The molecule has 0 saturated carbocycles. The molecule has 1 aromatic heterocycles. The van der Waals surface area contributed by atoms with E-state index in [2.05, 4.69) is 16.7 Å². The van der Waals surface area contributed by atoms with E-state index in [9.17, 15) is 4.79 Å². The number of carbonyl (C=O) groups is 1. The molecule has 0 radical (unpaired) electrons. The average molecular weight is 457 g/mol. The highest BCUT2D eigenvalue weighted by atomic mass is 16.5. The summed E-state index contributed by atoms with van der Waals surface area (Å²) in [4.78, 5) is 18.7. The molecule has 34 heavy (non-hydrogen) atoms. The fourth-order valence-electron chi connectivity index (χ4n) is 3.63. The molecule has 4 aromatic rings. The van der Waals surface area contributed by atoms with E-state index < -0.39 is 0 Å². The van der Waals surface area contributed by atoms with Gasteiger partial charge in [-0.3, -0.25) is 4.79 Å². The number of benzene rings is 3. The lowest BCUT2D eigenvalue weighted by Crippen LogP contribution is -2.27. The van der Waals surface area contributed by atoms with Crippen LogP contribution in [0.3, 0.4) is 0 Å². The summed E-state index contributed by atoms with van der Waals surface area (Å²) in [7, 11) is 7.03. The third-order valence-corrected chi connectivity index (χ3v) is 5.31. The minimum Gasteiger partial charge on any atom is -0.497 e. The summed E-state index contributed by atoms with van der Waals surface area (Å²) >= 11 is 0. The summed E-state index contributed by atoms with van der Waals surface area (Å²) in [5.74, 6) is 2.24. The molecule has 0 aliphatic carbocycles. The Balaban J connectivity index is 1.67. The molecule has 0 fully saturated rings. The van der Waals surface area contributed by atoms with Crippen molar-refractivity contribution in [1.29, 1.82) is 0 Å². The van der Waals surface area contributed by atoms with E-state index >= 15 is 0 Å². The number of amides is 1. The monoisotopic (exact) mass is 456 g/mol. The average Bonchev–Trinajstić information content (AvgIpc) is 2.84. The van der Waals surface area contributed by atoms with Crippen LogP contribution in [0.2, 0.25) is 0 Å². The normalized spacial score (nSPS) is 10.9. The van der Waals surface area contributed by atoms with Crippen LogP contribution in [0.4, 0.5) is 17.2 Å². The van der Waals surface area contributed by atoms with E-state index in [0.717, 1.165) is 50.7 Å². The van der Waals surface area contributed by atoms with Crippen LogP contribution in [0.15, 0.2) is 72.8 Å². The number of fused-ring (bicyclic) bond motifs is 1. The number of hydrogen-bond acceptors (Lipinski definition) is 6. The number of methoxy groups -OCH3 is 2. The smallest absolute Gasteiger partial charge is 0.238 e. The van der Waals surface area contributed by atoms with E-state index in [0.29, 0.717) is 6.54 Å². The maximum Gasteiger partial charge on any atom is 0.238 e. The molecule has 0 saturated heterocycles. The molecular weight excluding hydrogens is 428 g/mol. The van der Waals surface area contributed by atoms with Crippen LogP contribution in [0, 0.1) is 0 Å². The quantitative estimate of drug-likeness (QED) is 0.381. The molecule has 0 aliphatic heterocycles. The highest BCUT2D eigenvalue weighted by Gasteiger charge is 2.12. The standard InChI is InChI=1S/C27H28N4O3/c1-31(2)17-26(32)28-20-7-9-21(10-8-20)29-27-24(18-5-11-22(33-3)12-6-18)16-19-15-23(34-4)13-14-25(19)30-27/h5-16H,17H2,1-4H3,(H,28,32)(H,29,30). The van der Waals surface area contributed by atoms with Gasteiger partial charge in [0.2, 0.25) is 5.91 Å². The summed E-state index contributed by atoms with van der Waals surface area (Å²) in [5, 5.41) is 7.32. The molecule has 3 aromatic carbocycles. The third-order valence-electron chi connectivity index (χ3n) is 5.31. The molecule has 7 nitrogen and oxygen atoms in total. The zero-order chi connectivity index (χ0) is 24.1. The van der Waals surface area contributed by atoms with E-state index in [4.69, 9.17) is 14.5 Å². The van der Waals surface area contributed by atoms with Crippen molar-refractivity contribution in [2.45, 2.75) is 0 Å². The summed E-state index contributed by atoms with van der Waals surface area (Å²) in [6, 6.07) is 23.4. The molecule has 0 bridgehead atoms. The van der Waals surface area contributed by atoms with E-state index in [1.165, 1.54) is 0 Å². The van der Waals surface area contributed by atoms with Crippen LogP contribution in [0.25, 0.3) is 22.0 Å². The first-order valence-electron chi connectivity index (χ1n) is 10.9. The number of likely N-dealkylation sites (N-methyl/N-ethyl adjacent to an activating group) is 1. The highest BCUT2D eigenvalue weighted by molar-refractivity contribution is 5.93. The van der Waals surface area contributed by atoms with Crippen molar-refractivity contribution >= 4 is 34.0 Å². The van der Waals surface area contributed by atoms with Gasteiger partial charge in [-0.2, -0.15) is 0 Å². The van der Waals surface area contributed by atoms with Gasteiger partial charge in [0.15, 0.2) is 0 Å². The Hall–Kier alpha value is -4.10. The van der Waals surface area contributed by atoms with Crippen molar-refractivity contribution in [2.75, 3.05) is 45.5 Å². The second kappa shape index (κ2) is 10.2. The first kappa shape index (κ1) is 23.1. The molecule has 174 valence electrons. The first-order chi connectivity index (χ1) is 16.4. The van der Waals surface area contributed by atoms with Crippen molar-refractivity contribution in [3.05, 3.63) is 72.8 Å². The van der Waals surface area contributed by atoms with Crippen molar-refractivity contribution in [2.24, 2.45) is 0 Å². The minimum atomic E-state index is -0.0564. The Morgan fingerprint density at radius 3 is 2.15 bits per heavy atom. The molecule has 0 aliphatic rings. The number of anilines is 3. The summed E-state index contributed by atoms with van der Waals surface area (Å²) in [6.45, 7) is 0.330. The van der Waals surface area contributed by atoms with Crippen molar-refractivity contribution in [3.8, 4) is 22.6 Å².